The average molecular weight is 1580 g/mol. The van der Waals surface area contributed by atoms with Gasteiger partial charge < -0.3 is 27.6 Å². The first-order chi connectivity index (χ1) is 52.7. The second-order valence-electron chi connectivity index (χ2n) is 34.6. The first-order valence-corrected chi connectivity index (χ1v) is 54.0. The standard InChI is InChI=1S/C95H186O8P2S2/c1-7-11-15-19-23-27-35-43-51-59-67-83-98-93(96)73-65-57-49-41-33-31-39-47-55-63-71-87-106-104(100-85-69-61-53-45-37-29-25-21-17-13-9-3)102-91-79-75-89(76-80-91)95(5,6)90-77-81-92(82-78-90)103-105(101-86-70-62-54-46-38-30-26-22-18-14-10-4)107-88-72-64-56-48-40-32-34-42-50-58-66-74-94(97)99-84-68-60-52-44-36-28-24-20-16-12-8-2/h89-92H,7-88H2,1-6H3. The van der Waals surface area contributed by atoms with Gasteiger partial charge in [0, 0.05) is 24.3 Å². The van der Waals surface area contributed by atoms with E-state index < -0.39 is 15.2 Å². The van der Waals surface area contributed by atoms with Gasteiger partial charge in [0.15, 0.2) is 0 Å². The van der Waals surface area contributed by atoms with Crippen molar-refractivity contribution in [3.63, 3.8) is 0 Å². The van der Waals surface area contributed by atoms with Crippen molar-refractivity contribution >= 4 is 49.9 Å². The Labute approximate surface area is 679 Å². The molecule has 0 amide bonds. The molecule has 0 aliphatic heterocycles. The lowest BCUT2D eigenvalue weighted by Crippen LogP contribution is -2.38. The molecule has 0 spiro atoms. The van der Waals surface area contributed by atoms with Crippen LogP contribution >= 0.6 is 37.9 Å². The molecule has 0 radical (unpaired) electrons. The molecule has 2 saturated carbocycles. The van der Waals surface area contributed by atoms with Crippen LogP contribution in [-0.2, 0) is 37.2 Å². The third-order valence-corrected chi connectivity index (χ3v) is 30.9. The molecule has 2 aliphatic carbocycles. The van der Waals surface area contributed by atoms with E-state index in [0.717, 1.165) is 75.1 Å². The third-order valence-electron chi connectivity index (χ3n) is 24.3. The average Bonchev–Trinajstić information content (AvgIpc) is 0.803. The molecule has 0 aromatic carbocycles. The quantitative estimate of drug-likeness (QED) is 0.0333. The second kappa shape index (κ2) is 81.5. The molecule has 2 aliphatic rings. The number of hydrogen-bond acceptors (Lipinski definition) is 10. The van der Waals surface area contributed by atoms with Gasteiger partial charge in [-0.3, -0.25) is 9.59 Å². The second-order valence-corrected chi connectivity index (χ2v) is 41.1. The summed E-state index contributed by atoms with van der Waals surface area (Å²) in [7, 11) is -1.83. The van der Waals surface area contributed by atoms with Crippen LogP contribution in [0.3, 0.4) is 0 Å². The molecule has 12 heteroatoms. The molecule has 0 N–H and O–H groups in total. The van der Waals surface area contributed by atoms with Crippen molar-refractivity contribution in [1.29, 1.82) is 0 Å². The summed E-state index contributed by atoms with van der Waals surface area (Å²) >= 11 is 4.03. The Morgan fingerprint density at radius 2 is 0.458 bits per heavy atom. The molecule has 2 rings (SSSR count). The van der Waals surface area contributed by atoms with E-state index in [1.165, 1.54) is 437 Å². The van der Waals surface area contributed by atoms with E-state index in [4.69, 9.17) is 27.6 Å². The lowest BCUT2D eigenvalue weighted by molar-refractivity contribution is -0.144. The maximum absolute atomic E-state index is 12.3. The van der Waals surface area contributed by atoms with Gasteiger partial charge >= 0.3 is 11.9 Å². The Kier molecular flexibility index (Phi) is 78.8. The van der Waals surface area contributed by atoms with Crippen LogP contribution in [0.15, 0.2) is 0 Å². The first-order valence-electron chi connectivity index (χ1n) is 48.5. The molecule has 2 unspecified atom stereocenters. The minimum Gasteiger partial charge on any atom is -0.466 e. The first kappa shape index (κ1) is 103. The Bertz CT molecular complexity index is 1680. The molecular weight excluding hydrogens is 1400 g/mol. The van der Waals surface area contributed by atoms with E-state index in [-0.39, 0.29) is 11.9 Å². The van der Waals surface area contributed by atoms with E-state index in [1.807, 2.05) is 22.8 Å². The zero-order chi connectivity index (χ0) is 76.8. The maximum atomic E-state index is 12.3. The van der Waals surface area contributed by atoms with Crippen LogP contribution < -0.4 is 0 Å². The molecule has 0 bridgehead atoms. The molecule has 107 heavy (non-hydrogen) atoms. The number of ether oxygens (including phenoxy) is 2. The largest absolute Gasteiger partial charge is 0.466 e. The SMILES string of the molecule is CCCCCCCCCCCCCOC(=O)CCCCCCCCCCCCCSP(OCCCCCCCCCCCCC)OC1CCC(C(C)(C)C2CCC(OP(OCCCCCCCCCCCCC)SCCCCCCCCCCCCCC(=O)OCCCCCCCCCCCCC)CC2)CC1. The van der Waals surface area contributed by atoms with Gasteiger partial charge in [-0.05, 0) is 120 Å². The van der Waals surface area contributed by atoms with Crippen LogP contribution in [0.25, 0.3) is 0 Å². The summed E-state index contributed by atoms with van der Waals surface area (Å²) < 4.78 is 38.6. The molecule has 0 aromatic rings. The highest BCUT2D eigenvalue weighted by atomic mass is 32.7. The fourth-order valence-corrected chi connectivity index (χ4v) is 23.1. The van der Waals surface area contributed by atoms with Crippen molar-refractivity contribution in [3.05, 3.63) is 0 Å². The number of carbonyl (C=O) groups excluding carboxylic acids is 2. The van der Waals surface area contributed by atoms with Gasteiger partial charge in [0.25, 0.3) is 0 Å². The van der Waals surface area contributed by atoms with Crippen molar-refractivity contribution in [2.45, 2.75) is 542 Å². The Balaban J connectivity index is 1.70. The summed E-state index contributed by atoms with van der Waals surface area (Å²) in [4.78, 5) is 24.5. The molecule has 2 atom stereocenters. The highest BCUT2D eigenvalue weighted by Crippen LogP contribution is 2.58. The summed E-state index contributed by atoms with van der Waals surface area (Å²) in [6.07, 6.45) is 98.8. The molecule has 2 fully saturated rings. The Morgan fingerprint density at radius 3 is 0.692 bits per heavy atom. The predicted octanol–water partition coefficient (Wildman–Crippen LogP) is 34.8. The third kappa shape index (κ3) is 68.1. The summed E-state index contributed by atoms with van der Waals surface area (Å²) in [5, 5.41) is 0. The van der Waals surface area contributed by atoms with Crippen LogP contribution in [0.4, 0.5) is 0 Å². The number of carbonyl (C=O) groups is 2. The van der Waals surface area contributed by atoms with Crippen LogP contribution in [0.2, 0.25) is 0 Å². The van der Waals surface area contributed by atoms with Crippen LogP contribution in [0.5, 0.6) is 0 Å². The van der Waals surface area contributed by atoms with Gasteiger partial charge in [-0.2, -0.15) is 0 Å². The van der Waals surface area contributed by atoms with Gasteiger partial charge in [0.05, 0.1) is 38.6 Å². The molecule has 0 aromatic heterocycles. The van der Waals surface area contributed by atoms with Crippen molar-refractivity contribution in [2.24, 2.45) is 17.3 Å². The van der Waals surface area contributed by atoms with E-state index in [2.05, 4.69) is 41.5 Å². The summed E-state index contributed by atoms with van der Waals surface area (Å²) in [5.74, 6) is 3.86. The van der Waals surface area contributed by atoms with Crippen molar-refractivity contribution in [3.8, 4) is 0 Å². The van der Waals surface area contributed by atoms with Gasteiger partial charge in [-0.15, -0.1) is 0 Å². The fourth-order valence-electron chi connectivity index (χ4n) is 16.7. The molecule has 636 valence electrons. The van der Waals surface area contributed by atoms with Gasteiger partial charge in [-0.1, -0.05) is 437 Å². The number of hydrogen-bond donors (Lipinski definition) is 0. The minimum atomic E-state index is -0.913. The highest BCUT2D eigenvalue weighted by Gasteiger charge is 2.42. The normalized spacial score (nSPS) is 17.0. The summed E-state index contributed by atoms with van der Waals surface area (Å²) in [6.45, 7) is 17.4. The smallest absolute Gasteiger partial charge is 0.305 e. The fraction of sp³-hybridized carbons (Fsp3) is 0.979. The van der Waals surface area contributed by atoms with Gasteiger partial charge in [-0.25, -0.2) is 0 Å². The van der Waals surface area contributed by atoms with Crippen LogP contribution in [0, 0.1) is 17.3 Å². The van der Waals surface area contributed by atoms with Crippen molar-refractivity contribution < 1.29 is 37.2 Å². The number of esters is 2. The summed E-state index contributed by atoms with van der Waals surface area (Å²) in [5.41, 5.74) is 0.333. The Morgan fingerprint density at radius 1 is 0.262 bits per heavy atom. The van der Waals surface area contributed by atoms with Crippen molar-refractivity contribution in [1.82, 2.24) is 0 Å². The molecular formula is C95H186O8P2S2. The highest BCUT2D eigenvalue weighted by molar-refractivity contribution is 8.53. The van der Waals surface area contributed by atoms with E-state index in [1.54, 1.807) is 0 Å². The minimum absolute atomic E-state index is 0.0176. The topological polar surface area (TPSA) is 89.5 Å². The molecule has 0 saturated heterocycles. The van der Waals surface area contributed by atoms with Crippen LogP contribution in [0.1, 0.15) is 530 Å². The molecule has 8 nitrogen and oxygen atoms in total. The zero-order valence-corrected chi connectivity index (χ0v) is 76.2. The lowest BCUT2D eigenvalue weighted by Gasteiger charge is -2.46. The zero-order valence-electron chi connectivity index (χ0n) is 72.8. The van der Waals surface area contributed by atoms with Gasteiger partial charge in [0.2, 0.25) is 15.2 Å². The number of unbranched alkanes of at least 4 members (excludes halogenated alkanes) is 60. The van der Waals surface area contributed by atoms with E-state index >= 15 is 0 Å². The monoisotopic (exact) mass is 1580 g/mol. The van der Waals surface area contributed by atoms with Crippen molar-refractivity contribution in [2.75, 3.05) is 37.9 Å². The Hall–Kier alpha value is 0.340. The van der Waals surface area contributed by atoms with E-state index in [0.29, 0.717) is 43.7 Å². The maximum Gasteiger partial charge on any atom is 0.305 e. The van der Waals surface area contributed by atoms with E-state index in [9.17, 15) is 9.59 Å². The lowest BCUT2D eigenvalue weighted by atomic mass is 9.60. The van der Waals surface area contributed by atoms with Crippen LogP contribution in [-0.4, -0.2) is 62.1 Å². The molecule has 0 heterocycles. The van der Waals surface area contributed by atoms with Gasteiger partial charge in [0.1, 0.15) is 0 Å². The predicted molar refractivity (Wildman–Crippen MR) is 477 cm³/mol. The summed E-state index contributed by atoms with van der Waals surface area (Å²) in [6, 6.07) is 0. The number of rotatable bonds is 86.